The maximum Gasteiger partial charge on any atom is 0.238 e. The SMILES string of the molecule is Cc1ccc([C@H](NCC(=O)Nc2cc(Cl)ccc2F)c2ccccc2)cc1. The van der Waals surface area contributed by atoms with Gasteiger partial charge < -0.3 is 5.32 Å². The van der Waals surface area contributed by atoms with Crippen molar-refractivity contribution in [2.24, 2.45) is 0 Å². The summed E-state index contributed by atoms with van der Waals surface area (Å²) in [5, 5.41) is 6.18. The third kappa shape index (κ3) is 5.16. The molecule has 138 valence electrons. The molecule has 0 saturated carbocycles. The van der Waals surface area contributed by atoms with E-state index in [1.807, 2.05) is 61.5 Å². The van der Waals surface area contributed by atoms with E-state index >= 15 is 0 Å². The van der Waals surface area contributed by atoms with Crippen molar-refractivity contribution < 1.29 is 9.18 Å². The number of carbonyl (C=O) groups excluding carboxylic acids is 1. The van der Waals surface area contributed by atoms with Crippen molar-refractivity contribution in [3.8, 4) is 0 Å². The van der Waals surface area contributed by atoms with Crippen LogP contribution in [0.15, 0.2) is 72.8 Å². The summed E-state index contributed by atoms with van der Waals surface area (Å²) in [6.45, 7) is 2.06. The van der Waals surface area contributed by atoms with Gasteiger partial charge >= 0.3 is 0 Å². The van der Waals surface area contributed by atoms with Crippen LogP contribution in [0.5, 0.6) is 0 Å². The van der Waals surface area contributed by atoms with E-state index in [4.69, 9.17) is 11.6 Å². The van der Waals surface area contributed by atoms with Gasteiger partial charge in [-0.25, -0.2) is 4.39 Å². The Hall–Kier alpha value is -2.69. The number of aryl methyl sites for hydroxylation is 1. The van der Waals surface area contributed by atoms with Crippen molar-refractivity contribution in [3.05, 3.63) is 100 Å². The molecule has 0 fully saturated rings. The summed E-state index contributed by atoms with van der Waals surface area (Å²) in [5.41, 5.74) is 3.33. The fourth-order valence-electron chi connectivity index (χ4n) is 2.81. The first-order valence-corrected chi connectivity index (χ1v) is 9.00. The summed E-state index contributed by atoms with van der Waals surface area (Å²) in [6.07, 6.45) is 0. The Morgan fingerprint density at radius 3 is 2.37 bits per heavy atom. The molecule has 0 aliphatic carbocycles. The standard InChI is InChI=1S/C22H20ClFN2O/c1-15-7-9-17(10-8-15)22(16-5-3-2-4-6-16)25-14-21(27)26-20-13-18(23)11-12-19(20)24/h2-13,22,25H,14H2,1H3,(H,26,27)/t22-/m1/s1. The predicted octanol–water partition coefficient (Wildman–Crippen LogP) is 5.11. The number of benzene rings is 3. The molecule has 2 N–H and O–H groups in total. The van der Waals surface area contributed by atoms with Gasteiger partial charge in [0.15, 0.2) is 0 Å². The quantitative estimate of drug-likeness (QED) is 0.622. The zero-order chi connectivity index (χ0) is 19.2. The van der Waals surface area contributed by atoms with Gasteiger partial charge in [-0.15, -0.1) is 0 Å². The van der Waals surface area contributed by atoms with Crippen LogP contribution in [-0.2, 0) is 4.79 Å². The molecular weight excluding hydrogens is 363 g/mol. The molecule has 0 spiro atoms. The summed E-state index contributed by atoms with van der Waals surface area (Å²) in [6, 6.07) is 21.9. The van der Waals surface area contributed by atoms with Crippen molar-refractivity contribution in [2.75, 3.05) is 11.9 Å². The lowest BCUT2D eigenvalue weighted by atomic mass is 9.98. The first-order chi connectivity index (χ1) is 13.0. The molecule has 27 heavy (non-hydrogen) atoms. The highest BCUT2D eigenvalue weighted by atomic mass is 35.5. The fourth-order valence-corrected chi connectivity index (χ4v) is 2.99. The van der Waals surface area contributed by atoms with E-state index in [0.29, 0.717) is 5.02 Å². The van der Waals surface area contributed by atoms with Crippen LogP contribution >= 0.6 is 11.6 Å². The van der Waals surface area contributed by atoms with Gasteiger partial charge in [-0.3, -0.25) is 10.1 Å². The van der Waals surface area contributed by atoms with E-state index in [-0.39, 0.29) is 24.2 Å². The summed E-state index contributed by atoms with van der Waals surface area (Å²) in [7, 11) is 0. The van der Waals surface area contributed by atoms with Crippen LogP contribution in [0.3, 0.4) is 0 Å². The first-order valence-electron chi connectivity index (χ1n) is 8.63. The van der Waals surface area contributed by atoms with Gasteiger partial charge in [0.05, 0.1) is 18.3 Å². The lowest BCUT2D eigenvalue weighted by Gasteiger charge is -2.20. The molecule has 0 aliphatic rings. The topological polar surface area (TPSA) is 41.1 Å². The molecule has 1 atom stereocenters. The highest BCUT2D eigenvalue weighted by molar-refractivity contribution is 6.30. The van der Waals surface area contributed by atoms with Crippen LogP contribution in [0.4, 0.5) is 10.1 Å². The van der Waals surface area contributed by atoms with Gasteiger partial charge in [0, 0.05) is 5.02 Å². The van der Waals surface area contributed by atoms with E-state index < -0.39 is 5.82 Å². The Labute approximate surface area is 163 Å². The average molecular weight is 383 g/mol. The summed E-state index contributed by atoms with van der Waals surface area (Å²) in [4.78, 5) is 12.3. The molecule has 3 rings (SSSR count). The van der Waals surface area contributed by atoms with E-state index in [9.17, 15) is 9.18 Å². The zero-order valence-corrected chi connectivity index (χ0v) is 15.6. The lowest BCUT2D eigenvalue weighted by Crippen LogP contribution is -2.32. The number of halogens is 2. The molecule has 3 aromatic rings. The van der Waals surface area contributed by atoms with E-state index in [0.717, 1.165) is 11.1 Å². The van der Waals surface area contributed by atoms with Crippen LogP contribution in [0.25, 0.3) is 0 Å². The number of hydrogen-bond donors (Lipinski definition) is 2. The zero-order valence-electron chi connectivity index (χ0n) is 14.9. The van der Waals surface area contributed by atoms with Crippen molar-refractivity contribution >= 4 is 23.2 Å². The van der Waals surface area contributed by atoms with Crippen LogP contribution in [-0.4, -0.2) is 12.5 Å². The van der Waals surface area contributed by atoms with E-state index in [1.165, 1.54) is 23.8 Å². The van der Waals surface area contributed by atoms with Gasteiger partial charge in [-0.1, -0.05) is 71.8 Å². The normalized spacial score (nSPS) is 11.8. The molecule has 0 unspecified atom stereocenters. The van der Waals surface area contributed by atoms with Crippen LogP contribution in [0, 0.1) is 12.7 Å². The number of amides is 1. The minimum absolute atomic E-state index is 0.0272. The highest BCUT2D eigenvalue weighted by Crippen LogP contribution is 2.23. The van der Waals surface area contributed by atoms with Gasteiger partial charge in [0.2, 0.25) is 5.91 Å². The molecular formula is C22H20ClFN2O. The monoisotopic (exact) mass is 382 g/mol. The second-order valence-corrected chi connectivity index (χ2v) is 6.74. The molecule has 0 aromatic heterocycles. The maximum absolute atomic E-state index is 13.8. The van der Waals surface area contributed by atoms with Crippen LogP contribution in [0.2, 0.25) is 5.02 Å². The minimum atomic E-state index is -0.522. The van der Waals surface area contributed by atoms with Gasteiger partial charge in [-0.2, -0.15) is 0 Å². The average Bonchev–Trinajstić information content (AvgIpc) is 2.67. The fraction of sp³-hybridized carbons (Fsp3) is 0.136. The van der Waals surface area contributed by atoms with Crippen molar-refractivity contribution in [1.29, 1.82) is 0 Å². The summed E-state index contributed by atoms with van der Waals surface area (Å²) >= 11 is 5.87. The van der Waals surface area contributed by atoms with Gasteiger partial charge in [0.25, 0.3) is 0 Å². The smallest absolute Gasteiger partial charge is 0.238 e. The Kier molecular flexibility index (Phi) is 6.22. The molecule has 0 saturated heterocycles. The van der Waals surface area contributed by atoms with Gasteiger partial charge in [0.1, 0.15) is 5.82 Å². The Morgan fingerprint density at radius 2 is 1.67 bits per heavy atom. The Balaban J connectivity index is 1.73. The molecule has 3 aromatic carbocycles. The van der Waals surface area contributed by atoms with Crippen molar-refractivity contribution in [3.63, 3.8) is 0 Å². The largest absolute Gasteiger partial charge is 0.322 e. The van der Waals surface area contributed by atoms with E-state index in [1.54, 1.807) is 0 Å². The van der Waals surface area contributed by atoms with Crippen LogP contribution < -0.4 is 10.6 Å². The molecule has 0 radical (unpaired) electrons. The molecule has 0 bridgehead atoms. The second kappa shape index (κ2) is 8.80. The molecule has 0 heterocycles. The number of anilines is 1. The molecule has 0 aliphatic heterocycles. The number of rotatable bonds is 6. The third-order valence-corrected chi connectivity index (χ3v) is 4.45. The Bertz CT molecular complexity index is 913. The van der Waals surface area contributed by atoms with Crippen molar-refractivity contribution in [1.82, 2.24) is 5.32 Å². The van der Waals surface area contributed by atoms with Crippen molar-refractivity contribution in [2.45, 2.75) is 13.0 Å². The highest BCUT2D eigenvalue weighted by Gasteiger charge is 2.15. The number of hydrogen-bond acceptors (Lipinski definition) is 2. The lowest BCUT2D eigenvalue weighted by molar-refractivity contribution is -0.115. The molecule has 5 heteroatoms. The second-order valence-electron chi connectivity index (χ2n) is 6.31. The summed E-state index contributed by atoms with van der Waals surface area (Å²) < 4.78 is 13.8. The maximum atomic E-state index is 13.8. The summed E-state index contributed by atoms with van der Waals surface area (Å²) in [5.74, 6) is -0.866. The molecule has 1 amide bonds. The third-order valence-electron chi connectivity index (χ3n) is 4.21. The minimum Gasteiger partial charge on any atom is -0.322 e. The Morgan fingerprint density at radius 1 is 1.00 bits per heavy atom. The predicted molar refractivity (Wildman–Crippen MR) is 108 cm³/mol. The van der Waals surface area contributed by atoms with E-state index in [2.05, 4.69) is 10.6 Å². The first kappa shape index (κ1) is 19.1. The number of carbonyl (C=O) groups is 1. The van der Waals surface area contributed by atoms with Crippen LogP contribution in [0.1, 0.15) is 22.7 Å². The van der Waals surface area contributed by atoms with Gasteiger partial charge in [-0.05, 0) is 36.2 Å². The number of nitrogens with one attached hydrogen (secondary N) is 2. The molecule has 3 nitrogen and oxygen atoms in total.